The fourth-order valence-corrected chi connectivity index (χ4v) is 5.63. The van der Waals surface area contributed by atoms with Crippen LogP contribution < -0.4 is 0 Å². The summed E-state index contributed by atoms with van der Waals surface area (Å²) < 4.78 is 0. The van der Waals surface area contributed by atoms with Crippen LogP contribution in [0.3, 0.4) is 0 Å². The van der Waals surface area contributed by atoms with Crippen molar-refractivity contribution in [1.29, 1.82) is 0 Å². The Morgan fingerprint density at radius 1 is 0.889 bits per heavy atom. The van der Waals surface area contributed by atoms with E-state index in [1.807, 2.05) is 0 Å². The summed E-state index contributed by atoms with van der Waals surface area (Å²) in [4.78, 5) is -0.0406. The zero-order valence-electron chi connectivity index (χ0n) is 11.0. The highest BCUT2D eigenvalue weighted by molar-refractivity contribution is 6.24. The van der Waals surface area contributed by atoms with E-state index in [-0.39, 0.29) is 4.87 Å². The fourth-order valence-electron chi connectivity index (χ4n) is 5.15. The van der Waals surface area contributed by atoms with Crippen molar-refractivity contribution < 1.29 is 0 Å². The number of halogens is 1. The highest BCUT2D eigenvalue weighted by Crippen LogP contribution is 2.64. The van der Waals surface area contributed by atoms with Gasteiger partial charge in [0.05, 0.1) is 4.87 Å². The number of alkyl halides is 1. The Balaban J connectivity index is 1.76. The maximum atomic E-state index is 7.21. The second-order valence-electron chi connectivity index (χ2n) is 6.94. The molecule has 4 saturated carbocycles. The molecule has 0 unspecified atom stereocenters. The Kier molecular flexibility index (Phi) is 2.37. The minimum atomic E-state index is -0.0406. The van der Waals surface area contributed by atoms with Crippen LogP contribution in [-0.2, 0) is 4.87 Å². The van der Waals surface area contributed by atoms with Crippen LogP contribution in [-0.4, -0.2) is 0 Å². The Morgan fingerprint density at radius 2 is 1.39 bits per heavy atom. The molecule has 1 aromatic rings. The molecule has 0 aliphatic heterocycles. The van der Waals surface area contributed by atoms with E-state index in [4.69, 9.17) is 11.6 Å². The van der Waals surface area contributed by atoms with Gasteiger partial charge in [-0.3, -0.25) is 0 Å². The van der Waals surface area contributed by atoms with Gasteiger partial charge >= 0.3 is 0 Å². The van der Waals surface area contributed by atoms with Gasteiger partial charge in [0.25, 0.3) is 0 Å². The van der Waals surface area contributed by atoms with Crippen molar-refractivity contribution in [3.05, 3.63) is 35.4 Å². The van der Waals surface area contributed by atoms with Crippen LogP contribution in [0.25, 0.3) is 0 Å². The highest BCUT2D eigenvalue weighted by Gasteiger charge is 2.56. The van der Waals surface area contributed by atoms with E-state index in [2.05, 4.69) is 31.2 Å². The molecule has 4 fully saturated rings. The monoisotopic (exact) mass is 260 g/mol. The van der Waals surface area contributed by atoms with Crippen LogP contribution in [0.4, 0.5) is 0 Å². The zero-order chi connectivity index (χ0) is 12.3. The predicted molar refractivity (Wildman–Crippen MR) is 75.8 cm³/mol. The number of rotatable bonds is 1. The van der Waals surface area contributed by atoms with Crippen molar-refractivity contribution >= 4 is 11.6 Å². The first kappa shape index (κ1) is 11.3. The van der Waals surface area contributed by atoms with Gasteiger partial charge in [0, 0.05) is 0 Å². The number of hydrogen-bond donors (Lipinski definition) is 0. The molecule has 0 atom stereocenters. The van der Waals surface area contributed by atoms with Gasteiger partial charge in [0.15, 0.2) is 0 Å². The number of aryl methyl sites for hydroxylation is 1. The first-order chi connectivity index (χ1) is 8.66. The van der Waals surface area contributed by atoms with Gasteiger partial charge in [-0.1, -0.05) is 29.8 Å². The number of hydrogen-bond acceptors (Lipinski definition) is 0. The maximum absolute atomic E-state index is 7.21. The Hall–Kier alpha value is -0.490. The first-order valence-electron chi connectivity index (χ1n) is 7.42. The summed E-state index contributed by atoms with van der Waals surface area (Å²) in [7, 11) is 0. The van der Waals surface area contributed by atoms with Crippen LogP contribution >= 0.6 is 11.6 Å². The minimum absolute atomic E-state index is 0.0406. The topological polar surface area (TPSA) is 0 Å². The summed E-state index contributed by atoms with van der Waals surface area (Å²) in [5, 5.41) is 0. The smallest absolute Gasteiger partial charge is 0.0751 e. The summed E-state index contributed by atoms with van der Waals surface area (Å²) in [5.41, 5.74) is 2.73. The van der Waals surface area contributed by atoms with E-state index in [1.54, 1.807) is 0 Å². The quantitative estimate of drug-likeness (QED) is 0.631. The van der Waals surface area contributed by atoms with Crippen molar-refractivity contribution in [2.45, 2.75) is 43.9 Å². The molecule has 0 nitrogen and oxygen atoms in total. The van der Waals surface area contributed by atoms with Gasteiger partial charge in [-0.15, -0.1) is 11.6 Å². The third-order valence-electron chi connectivity index (χ3n) is 5.82. The standard InChI is InChI=1S/C17H21Cl/c1-11-2-4-14(5-3-11)17(18)15-7-12-6-13(9-15)10-16(17)8-12/h2-5,12-13,15-16H,6-10H2,1H3. The van der Waals surface area contributed by atoms with Crippen LogP contribution in [0.15, 0.2) is 24.3 Å². The highest BCUT2D eigenvalue weighted by atomic mass is 35.5. The van der Waals surface area contributed by atoms with Crippen LogP contribution in [0.2, 0.25) is 0 Å². The summed E-state index contributed by atoms with van der Waals surface area (Å²) in [5.74, 6) is 3.45. The molecule has 0 N–H and O–H groups in total. The average Bonchev–Trinajstić information content (AvgIpc) is 2.35. The molecule has 0 amide bonds. The van der Waals surface area contributed by atoms with Crippen molar-refractivity contribution in [3.8, 4) is 0 Å². The molecular formula is C17H21Cl. The largest absolute Gasteiger partial charge is 0.113 e. The van der Waals surface area contributed by atoms with Crippen molar-refractivity contribution in [2.24, 2.45) is 23.7 Å². The lowest BCUT2D eigenvalue weighted by atomic mass is 9.50. The van der Waals surface area contributed by atoms with E-state index in [1.165, 1.54) is 43.2 Å². The van der Waals surface area contributed by atoms with Gasteiger partial charge < -0.3 is 0 Å². The Bertz CT molecular complexity index is 431. The summed E-state index contributed by atoms with van der Waals surface area (Å²) in [6.45, 7) is 2.15. The summed E-state index contributed by atoms with van der Waals surface area (Å²) in [6.07, 6.45) is 7.01. The third-order valence-corrected chi connectivity index (χ3v) is 6.66. The SMILES string of the molecule is Cc1ccc(C2(Cl)C3CC4CC(C3)CC2C4)cc1. The number of benzene rings is 1. The minimum Gasteiger partial charge on any atom is -0.113 e. The molecule has 96 valence electrons. The lowest BCUT2D eigenvalue weighted by molar-refractivity contribution is -0.0224. The molecule has 4 bridgehead atoms. The molecule has 0 saturated heterocycles. The molecule has 0 radical (unpaired) electrons. The van der Waals surface area contributed by atoms with E-state index < -0.39 is 0 Å². The molecule has 4 aliphatic rings. The lowest BCUT2D eigenvalue weighted by Gasteiger charge is -2.59. The van der Waals surface area contributed by atoms with Crippen molar-refractivity contribution in [3.63, 3.8) is 0 Å². The molecular weight excluding hydrogens is 240 g/mol. The molecule has 4 aliphatic carbocycles. The zero-order valence-corrected chi connectivity index (χ0v) is 11.8. The molecule has 0 spiro atoms. The summed E-state index contributed by atoms with van der Waals surface area (Å²) >= 11 is 7.21. The van der Waals surface area contributed by atoms with Crippen molar-refractivity contribution in [1.82, 2.24) is 0 Å². The molecule has 0 heterocycles. The van der Waals surface area contributed by atoms with E-state index >= 15 is 0 Å². The molecule has 18 heavy (non-hydrogen) atoms. The first-order valence-corrected chi connectivity index (χ1v) is 7.80. The van der Waals surface area contributed by atoms with Crippen LogP contribution in [0.1, 0.15) is 43.2 Å². The summed E-state index contributed by atoms with van der Waals surface area (Å²) in [6, 6.07) is 9.02. The molecule has 1 aromatic carbocycles. The lowest BCUT2D eigenvalue weighted by Crippen LogP contribution is -2.52. The molecule has 0 aromatic heterocycles. The fraction of sp³-hybridized carbons (Fsp3) is 0.647. The van der Waals surface area contributed by atoms with Gasteiger partial charge in [-0.2, -0.15) is 0 Å². The van der Waals surface area contributed by atoms with E-state index in [9.17, 15) is 0 Å². The molecule has 5 rings (SSSR count). The van der Waals surface area contributed by atoms with Gasteiger partial charge in [-0.05, 0) is 68.3 Å². The van der Waals surface area contributed by atoms with Gasteiger partial charge in [-0.25, -0.2) is 0 Å². The van der Waals surface area contributed by atoms with Crippen molar-refractivity contribution in [2.75, 3.05) is 0 Å². The Morgan fingerprint density at radius 3 is 1.89 bits per heavy atom. The second kappa shape index (κ2) is 3.76. The van der Waals surface area contributed by atoms with Crippen LogP contribution in [0, 0.1) is 30.6 Å². The van der Waals surface area contributed by atoms with Gasteiger partial charge in [0.2, 0.25) is 0 Å². The predicted octanol–water partition coefficient (Wildman–Crippen LogP) is 4.89. The molecule has 1 heteroatoms. The van der Waals surface area contributed by atoms with Gasteiger partial charge in [0.1, 0.15) is 0 Å². The second-order valence-corrected chi connectivity index (χ2v) is 7.56. The Labute approximate surface area is 115 Å². The normalized spacial score (nSPS) is 45.4. The average molecular weight is 261 g/mol. The maximum Gasteiger partial charge on any atom is 0.0751 e. The van der Waals surface area contributed by atoms with E-state index in [0.29, 0.717) is 0 Å². The third kappa shape index (κ3) is 1.45. The van der Waals surface area contributed by atoms with E-state index in [0.717, 1.165) is 23.7 Å². The van der Waals surface area contributed by atoms with Crippen LogP contribution in [0.5, 0.6) is 0 Å².